The van der Waals surface area contributed by atoms with Gasteiger partial charge < -0.3 is 10.1 Å². The lowest BCUT2D eigenvalue weighted by atomic mass is 10.1. The predicted molar refractivity (Wildman–Crippen MR) is 86.9 cm³/mol. The lowest BCUT2D eigenvalue weighted by Crippen LogP contribution is -2.13. The molecule has 1 N–H and O–H groups in total. The monoisotopic (exact) mass is 292 g/mol. The third-order valence-corrected chi connectivity index (χ3v) is 3.37. The van der Waals surface area contributed by atoms with E-state index in [0.717, 1.165) is 16.6 Å². The molecule has 0 bridgehead atoms. The Morgan fingerprint density at radius 1 is 1.14 bits per heavy atom. The molecule has 4 nitrogen and oxygen atoms in total. The average molecular weight is 292 g/mol. The van der Waals surface area contributed by atoms with Crippen molar-refractivity contribution < 1.29 is 9.53 Å². The fraction of sp³-hybridized carbons (Fsp3) is 0.111. The second kappa shape index (κ2) is 6.37. The van der Waals surface area contributed by atoms with Gasteiger partial charge in [0.25, 0.3) is 5.91 Å². The average Bonchev–Trinajstić information content (AvgIpc) is 2.55. The molecule has 110 valence electrons. The van der Waals surface area contributed by atoms with Gasteiger partial charge in [-0.15, -0.1) is 0 Å². The number of carbonyl (C=O) groups is 1. The summed E-state index contributed by atoms with van der Waals surface area (Å²) in [6.45, 7) is 0.513. The minimum Gasteiger partial charge on any atom is -0.380 e. The third-order valence-electron chi connectivity index (χ3n) is 3.37. The number of rotatable bonds is 4. The lowest BCUT2D eigenvalue weighted by Gasteiger charge is -2.09. The van der Waals surface area contributed by atoms with Crippen molar-refractivity contribution in [3.8, 4) is 0 Å². The van der Waals surface area contributed by atoms with Gasteiger partial charge in [-0.3, -0.25) is 9.78 Å². The summed E-state index contributed by atoms with van der Waals surface area (Å²) in [7, 11) is 1.65. The first-order valence-corrected chi connectivity index (χ1v) is 7.01. The molecule has 1 amide bonds. The zero-order chi connectivity index (χ0) is 15.4. The molecule has 0 aliphatic carbocycles. The first-order chi connectivity index (χ1) is 10.8. The van der Waals surface area contributed by atoms with Crippen LogP contribution in [0.3, 0.4) is 0 Å². The number of hydrogen-bond acceptors (Lipinski definition) is 3. The molecule has 1 heterocycles. The number of fused-ring (bicyclic) bond motifs is 1. The van der Waals surface area contributed by atoms with Gasteiger partial charge in [0, 0.05) is 24.4 Å². The van der Waals surface area contributed by atoms with Crippen LogP contribution in [0.2, 0.25) is 0 Å². The van der Waals surface area contributed by atoms with Gasteiger partial charge in [0.1, 0.15) is 0 Å². The standard InChI is InChI=1S/C18H16N2O2/c1-22-12-13-5-2-8-15(11-13)20-18(21)16-9-3-6-14-7-4-10-19-17(14)16/h2-11H,12H2,1H3,(H,20,21). The van der Waals surface area contributed by atoms with E-state index >= 15 is 0 Å². The number of para-hydroxylation sites is 1. The van der Waals surface area contributed by atoms with Gasteiger partial charge in [-0.2, -0.15) is 0 Å². The summed E-state index contributed by atoms with van der Waals surface area (Å²) in [5.41, 5.74) is 3.02. The van der Waals surface area contributed by atoms with E-state index in [1.807, 2.05) is 48.5 Å². The van der Waals surface area contributed by atoms with Crippen molar-refractivity contribution in [3.63, 3.8) is 0 Å². The van der Waals surface area contributed by atoms with Gasteiger partial charge >= 0.3 is 0 Å². The Bertz CT molecular complexity index is 810. The Balaban J connectivity index is 1.89. The second-order valence-corrected chi connectivity index (χ2v) is 4.97. The van der Waals surface area contributed by atoms with Crippen molar-refractivity contribution in [3.05, 3.63) is 71.9 Å². The lowest BCUT2D eigenvalue weighted by molar-refractivity contribution is 0.102. The van der Waals surface area contributed by atoms with E-state index in [9.17, 15) is 4.79 Å². The number of carbonyl (C=O) groups excluding carboxylic acids is 1. The molecule has 0 unspecified atom stereocenters. The van der Waals surface area contributed by atoms with Gasteiger partial charge in [-0.05, 0) is 29.8 Å². The highest BCUT2D eigenvalue weighted by atomic mass is 16.5. The van der Waals surface area contributed by atoms with E-state index in [1.54, 1.807) is 19.4 Å². The van der Waals surface area contributed by atoms with Crippen molar-refractivity contribution in [1.29, 1.82) is 0 Å². The van der Waals surface area contributed by atoms with Crippen LogP contribution in [0, 0.1) is 0 Å². The molecule has 0 aliphatic heterocycles. The summed E-state index contributed by atoms with van der Waals surface area (Å²) in [6.07, 6.45) is 1.69. The number of nitrogens with zero attached hydrogens (tertiary/aromatic N) is 1. The van der Waals surface area contributed by atoms with E-state index in [0.29, 0.717) is 17.7 Å². The van der Waals surface area contributed by atoms with Gasteiger partial charge in [0.2, 0.25) is 0 Å². The highest BCUT2D eigenvalue weighted by molar-refractivity contribution is 6.11. The van der Waals surface area contributed by atoms with Crippen molar-refractivity contribution in [2.45, 2.75) is 6.61 Å². The molecule has 3 rings (SSSR count). The van der Waals surface area contributed by atoms with Gasteiger partial charge in [-0.1, -0.05) is 30.3 Å². The van der Waals surface area contributed by atoms with E-state index in [1.165, 1.54) is 0 Å². The third kappa shape index (κ3) is 2.97. The van der Waals surface area contributed by atoms with Crippen molar-refractivity contribution >= 4 is 22.5 Å². The SMILES string of the molecule is COCc1cccc(NC(=O)c2cccc3cccnc23)c1. The van der Waals surface area contributed by atoms with E-state index in [2.05, 4.69) is 10.3 Å². The largest absolute Gasteiger partial charge is 0.380 e. The molecule has 0 atom stereocenters. The number of anilines is 1. The summed E-state index contributed by atoms with van der Waals surface area (Å²) >= 11 is 0. The molecule has 0 radical (unpaired) electrons. The van der Waals surface area contributed by atoms with E-state index in [4.69, 9.17) is 4.74 Å². The fourth-order valence-electron chi connectivity index (χ4n) is 2.39. The Morgan fingerprint density at radius 2 is 1.95 bits per heavy atom. The number of methoxy groups -OCH3 is 1. The second-order valence-electron chi connectivity index (χ2n) is 4.97. The summed E-state index contributed by atoms with van der Waals surface area (Å²) in [5.74, 6) is -0.168. The smallest absolute Gasteiger partial charge is 0.257 e. The van der Waals surface area contributed by atoms with Crippen LogP contribution >= 0.6 is 0 Å². The van der Waals surface area contributed by atoms with Gasteiger partial charge in [0.15, 0.2) is 0 Å². The maximum atomic E-state index is 12.5. The van der Waals surface area contributed by atoms with Crippen LogP contribution in [-0.2, 0) is 11.3 Å². The van der Waals surface area contributed by atoms with Crippen LogP contribution in [0.5, 0.6) is 0 Å². The number of pyridine rings is 1. The Morgan fingerprint density at radius 3 is 2.82 bits per heavy atom. The van der Waals surface area contributed by atoms with Crippen LogP contribution in [0.15, 0.2) is 60.8 Å². The molecule has 0 fully saturated rings. The molecule has 2 aromatic carbocycles. The molecule has 3 aromatic rings. The molecule has 0 spiro atoms. The van der Waals surface area contributed by atoms with Crippen LogP contribution in [0.25, 0.3) is 10.9 Å². The Labute approximate surface area is 128 Å². The molecule has 22 heavy (non-hydrogen) atoms. The summed E-state index contributed by atoms with van der Waals surface area (Å²) in [4.78, 5) is 16.8. The van der Waals surface area contributed by atoms with Crippen LogP contribution in [0.4, 0.5) is 5.69 Å². The molecule has 1 aromatic heterocycles. The fourth-order valence-corrected chi connectivity index (χ4v) is 2.39. The van der Waals surface area contributed by atoms with E-state index < -0.39 is 0 Å². The highest BCUT2D eigenvalue weighted by Crippen LogP contribution is 2.18. The zero-order valence-corrected chi connectivity index (χ0v) is 12.2. The number of ether oxygens (including phenoxy) is 1. The van der Waals surface area contributed by atoms with E-state index in [-0.39, 0.29) is 5.91 Å². The van der Waals surface area contributed by atoms with Crippen molar-refractivity contribution in [2.24, 2.45) is 0 Å². The zero-order valence-electron chi connectivity index (χ0n) is 12.2. The molecular weight excluding hydrogens is 276 g/mol. The first kappa shape index (κ1) is 14.2. The quantitative estimate of drug-likeness (QED) is 0.799. The molecule has 0 aliphatic rings. The van der Waals surface area contributed by atoms with Gasteiger partial charge in [0.05, 0.1) is 17.7 Å². The van der Waals surface area contributed by atoms with Crippen molar-refractivity contribution in [2.75, 3.05) is 12.4 Å². The van der Waals surface area contributed by atoms with Crippen LogP contribution in [0.1, 0.15) is 15.9 Å². The molecule has 4 heteroatoms. The number of hydrogen-bond donors (Lipinski definition) is 1. The number of amides is 1. The summed E-state index contributed by atoms with van der Waals surface area (Å²) < 4.78 is 5.11. The number of aromatic nitrogens is 1. The molecule has 0 saturated carbocycles. The Hall–Kier alpha value is -2.72. The minimum absolute atomic E-state index is 0.168. The maximum absolute atomic E-state index is 12.5. The number of benzene rings is 2. The molecular formula is C18H16N2O2. The van der Waals surface area contributed by atoms with Crippen molar-refractivity contribution in [1.82, 2.24) is 4.98 Å². The molecule has 0 saturated heterocycles. The summed E-state index contributed by atoms with van der Waals surface area (Å²) in [6, 6.07) is 17.0. The topological polar surface area (TPSA) is 51.2 Å². The Kier molecular flexibility index (Phi) is 4.12. The normalized spacial score (nSPS) is 10.6. The predicted octanol–water partition coefficient (Wildman–Crippen LogP) is 3.63. The number of nitrogens with one attached hydrogen (secondary N) is 1. The summed E-state index contributed by atoms with van der Waals surface area (Å²) in [5, 5.41) is 3.86. The van der Waals surface area contributed by atoms with Gasteiger partial charge in [-0.25, -0.2) is 0 Å². The van der Waals surface area contributed by atoms with Crippen LogP contribution in [-0.4, -0.2) is 18.0 Å². The highest BCUT2D eigenvalue weighted by Gasteiger charge is 2.11. The van der Waals surface area contributed by atoms with Crippen LogP contribution < -0.4 is 5.32 Å². The maximum Gasteiger partial charge on any atom is 0.257 e. The first-order valence-electron chi connectivity index (χ1n) is 7.01. The minimum atomic E-state index is -0.168.